The maximum absolute atomic E-state index is 12.4. The van der Waals surface area contributed by atoms with Gasteiger partial charge in [-0.1, -0.05) is 36.4 Å². The molecular weight excluding hydrogens is 300 g/mol. The number of hydrogen-bond donors (Lipinski definition) is 2. The van der Waals surface area contributed by atoms with Crippen LogP contribution in [-0.2, 0) is 21.4 Å². The Balaban J connectivity index is 2.23. The lowest BCUT2D eigenvalue weighted by Crippen LogP contribution is -2.24. The normalized spacial score (nSPS) is 11.2. The van der Waals surface area contributed by atoms with Crippen LogP contribution in [-0.4, -0.2) is 14.3 Å². The zero-order valence-corrected chi connectivity index (χ0v) is 13.3. The van der Waals surface area contributed by atoms with Gasteiger partial charge in [-0.25, -0.2) is 13.1 Å². The van der Waals surface area contributed by atoms with E-state index >= 15 is 0 Å². The lowest BCUT2D eigenvalue weighted by molar-refractivity contribution is -0.114. The summed E-state index contributed by atoms with van der Waals surface area (Å²) in [6, 6.07) is 14.1. The van der Waals surface area contributed by atoms with Crippen LogP contribution in [0.3, 0.4) is 0 Å². The van der Waals surface area contributed by atoms with Crippen molar-refractivity contribution < 1.29 is 13.2 Å². The number of nitrogens with one attached hydrogen (secondary N) is 2. The second kappa shape index (κ2) is 6.72. The third-order valence-electron chi connectivity index (χ3n) is 3.11. The molecule has 0 saturated carbocycles. The zero-order valence-electron chi connectivity index (χ0n) is 12.5. The maximum Gasteiger partial charge on any atom is 0.241 e. The fourth-order valence-electron chi connectivity index (χ4n) is 2.02. The molecule has 0 fully saturated rings. The molecule has 0 aliphatic rings. The minimum Gasteiger partial charge on any atom is -0.326 e. The highest BCUT2D eigenvalue weighted by Crippen LogP contribution is 2.20. The molecule has 0 aliphatic carbocycles. The summed E-state index contributed by atoms with van der Waals surface area (Å²) in [6.07, 6.45) is 0. The molecule has 0 bridgehead atoms. The fraction of sp³-hybridized carbons (Fsp3) is 0.188. The molecule has 2 N–H and O–H groups in total. The standard InChI is InChI=1S/C16H18N2O3S/c1-12-8-9-15(18-13(2)19)10-16(12)22(20,21)17-11-14-6-4-3-5-7-14/h3-10,17H,11H2,1-2H3,(H,18,19). The molecule has 2 rings (SSSR count). The van der Waals surface area contributed by atoms with Gasteiger partial charge in [-0.15, -0.1) is 0 Å². The van der Waals surface area contributed by atoms with E-state index in [4.69, 9.17) is 0 Å². The smallest absolute Gasteiger partial charge is 0.241 e. The average molecular weight is 318 g/mol. The first-order chi connectivity index (χ1) is 10.4. The molecule has 22 heavy (non-hydrogen) atoms. The average Bonchev–Trinajstić information content (AvgIpc) is 2.48. The maximum atomic E-state index is 12.4. The number of sulfonamides is 1. The Labute approximate surface area is 130 Å². The van der Waals surface area contributed by atoms with Gasteiger partial charge < -0.3 is 5.32 Å². The Kier molecular flexibility index (Phi) is 4.95. The van der Waals surface area contributed by atoms with E-state index in [9.17, 15) is 13.2 Å². The van der Waals surface area contributed by atoms with Crippen LogP contribution in [0.5, 0.6) is 0 Å². The Bertz CT molecular complexity index is 771. The van der Waals surface area contributed by atoms with Crippen molar-refractivity contribution in [3.05, 3.63) is 59.7 Å². The van der Waals surface area contributed by atoms with Crippen molar-refractivity contribution in [3.63, 3.8) is 0 Å². The van der Waals surface area contributed by atoms with Crippen molar-refractivity contribution in [1.82, 2.24) is 4.72 Å². The minimum atomic E-state index is -3.65. The molecule has 6 heteroatoms. The van der Waals surface area contributed by atoms with Crippen LogP contribution in [0.15, 0.2) is 53.4 Å². The van der Waals surface area contributed by atoms with E-state index in [1.807, 2.05) is 30.3 Å². The molecule has 116 valence electrons. The summed E-state index contributed by atoms with van der Waals surface area (Å²) in [5.41, 5.74) is 1.95. The first-order valence-electron chi connectivity index (χ1n) is 6.80. The summed E-state index contributed by atoms with van der Waals surface area (Å²) < 4.78 is 27.5. The van der Waals surface area contributed by atoms with Crippen LogP contribution in [0.2, 0.25) is 0 Å². The SMILES string of the molecule is CC(=O)Nc1ccc(C)c(S(=O)(=O)NCc2ccccc2)c1. The Hall–Kier alpha value is -2.18. The van der Waals surface area contributed by atoms with Crippen LogP contribution >= 0.6 is 0 Å². The van der Waals surface area contributed by atoms with E-state index in [1.165, 1.54) is 13.0 Å². The number of carbonyl (C=O) groups is 1. The van der Waals surface area contributed by atoms with Gasteiger partial charge in [-0.05, 0) is 30.2 Å². The first-order valence-corrected chi connectivity index (χ1v) is 8.28. The Morgan fingerprint density at radius 1 is 1.09 bits per heavy atom. The number of carbonyl (C=O) groups excluding carboxylic acids is 1. The van der Waals surface area contributed by atoms with E-state index < -0.39 is 10.0 Å². The van der Waals surface area contributed by atoms with Gasteiger partial charge in [-0.2, -0.15) is 0 Å². The van der Waals surface area contributed by atoms with Crippen LogP contribution in [0.25, 0.3) is 0 Å². The summed E-state index contributed by atoms with van der Waals surface area (Å²) >= 11 is 0. The summed E-state index contributed by atoms with van der Waals surface area (Å²) in [5, 5.41) is 2.59. The minimum absolute atomic E-state index is 0.162. The molecule has 1 amide bonds. The molecule has 2 aromatic rings. The van der Waals surface area contributed by atoms with Crippen molar-refractivity contribution in [2.45, 2.75) is 25.3 Å². The van der Waals surface area contributed by atoms with Crippen LogP contribution in [0.4, 0.5) is 5.69 Å². The summed E-state index contributed by atoms with van der Waals surface area (Å²) in [4.78, 5) is 11.3. The predicted molar refractivity (Wildman–Crippen MR) is 86.0 cm³/mol. The molecule has 0 unspecified atom stereocenters. The van der Waals surface area contributed by atoms with E-state index in [0.29, 0.717) is 11.3 Å². The predicted octanol–water partition coefficient (Wildman–Crippen LogP) is 2.43. The van der Waals surface area contributed by atoms with E-state index in [2.05, 4.69) is 10.0 Å². The van der Waals surface area contributed by atoms with Gasteiger partial charge in [0, 0.05) is 19.2 Å². The molecule has 5 nitrogen and oxygen atoms in total. The summed E-state index contributed by atoms with van der Waals surface area (Å²) in [5.74, 6) is -0.246. The Morgan fingerprint density at radius 3 is 2.41 bits per heavy atom. The highest BCUT2D eigenvalue weighted by Gasteiger charge is 2.17. The van der Waals surface area contributed by atoms with Gasteiger partial charge in [0.15, 0.2) is 0 Å². The van der Waals surface area contributed by atoms with Crippen LogP contribution in [0, 0.1) is 6.92 Å². The third-order valence-corrected chi connectivity index (χ3v) is 4.65. The summed E-state index contributed by atoms with van der Waals surface area (Å²) in [6.45, 7) is 3.31. The number of amides is 1. The second-order valence-corrected chi connectivity index (χ2v) is 6.71. The molecule has 0 aromatic heterocycles. The third kappa shape index (κ3) is 4.16. The van der Waals surface area contributed by atoms with E-state index in [0.717, 1.165) is 5.56 Å². The van der Waals surface area contributed by atoms with E-state index in [1.54, 1.807) is 19.1 Å². The largest absolute Gasteiger partial charge is 0.326 e. The number of hydrogen-bond acceptors (Lipinski definition) is 3. The van der Waals surface area contributed by atoms with Gasteiger partial charge >= 0.3 is 0 Å². The first kappa shape index (κ1) is 16.2. The van der Waals surface area contributed by atoms with Gasteiger partial charge in [0.1, 0.15) is 0 Å². The number of aryl methyl sites for hydroxylation is 1. The monoisotopic (exact) mass is 318 g/mol. The van der Waals surface area contributed by atoms with Crippen LogP contribution in [0.1, 0.15) is 18.1 Å². The van der Waals surface area contributed by atoms with E-state index in [-0.39, 0.29) is 17.3 Å². The molecule has 2 aromatic carbocycles. The molecule has 0 aliphatic heterocycles. The van der Waals surface area contributed by atoms with Gasteiger partial charge in [0.2, 0.25) is 15.9 Å². The summed E-state index contributed by atoms with van der Waals surface area (Å²) in [7, 11) is -3.65. The van der Waals surface area contributed by atoms with Crippen molar-refractivity contribution >= 4 is 21.6 Å². The number of rotatable bonds is 5. The molecule has 0 radical (unpaired) electrons. The van der Waals surface area contributed by atoms with Crippen LogP contribution < -0.4 is 10.0 Å². The quantitative estimate of drug-likeness (QED) is 0.889. The van der Waals surface area contributed by atoms with Gasteiger partial charge in [0.25, 0.3) is 0 Å². The molecule has 0 heterocycles. The second-order valence-electron chi connectivity index (χ2n) is 4.97. The Morgan fingerprint density at radius 2 is 1.77 bits per heavy atom. The zero-order chi connectivity index (χ0) is 16.2. The topological polar surface area (TPSA) is 75.3 Å². The van der Waals surface area contributed by atoms with Crippen molar-refractivity contribution in [1.29, 1.82) is 0 Å². The highest BCUT2D eigenvalue weighted by molar-refractivity contribution is 7.89. The van der Waals surface area contributed by atoms with Gasteiger partial charge in [0.05, 0.1) is 4.90 Å². The fourth-order valence-corrected chi connectivity index (χ4v) is 3.31. The van der Waals surface area contributed by atoms with Crippen molar-refractivity contribution in [2.24, 2.45) is 0 Å². The van der Waals surface area contributed by atoms with Gasteiger partial charge in [-0.3, -0.25) is 4.79 Å². The molecular formula is C16H18N2O3S. The lowest BCUT2D eigenvalue weighted by Gasteiger charge is -2.11. The highest BCUT2D eigenvalue weighted by atomic mass is 32.2. The molecule has 0 saturated heterocycles. The number of anilines is 1. The van der Waals surface area contributed by atoms with Crippen molar-refractivity contribution in [3.8, 4) is 0 Å². The lowest BCUT2D eigenvalue weighted by atomic mass is 10.2. The molecule has 0 spiro atoms. The number of benzene rings is 2. The molecule has 0 atom stereocenters. The van der Waals surface area contributed by atoms with Crippen molar-refractivity contribution in [2.75, 3.05) is 5.32 Å².